The smallest absolute Gasteiger partial charge is 0.313 e. The third-order valence-electron chi connectivity index (χ3n) is 2.19. The molecule has 2 heterocycles. The Labute approximate surface area is 112 Å². The summed E-state index contributed by atoms with van der Waals surface area (Å²) >= 11 is 0.988. The number of pyridine rings is 1. The van der Waals surface area contributed by atoms with E-state index in [0.717, 1.165) is 11.8 Å². The quantitative estimate of drug-likeness (QED) is 0.591. The van der Waals surface area contributed by atoms with E-state index in [0.29, 0.717) is 22.4 Å². The third-order valence-corrected chi connectivity index (χ3v) is 3.12. The summed E-state index contributed by atoms with van der Waals surface area (Å²) in [5.74, 6) is 5.48. The van der Waals surface area contributed by atoms with Gasteiger partial charge in [0.1, 0.15) is 0 Å². The van der Waals surface area contributed by atoms with Crippen LogP contribution >= 0.6 is 11.8 Å². The molecule has 2 aromatic rings. The zero-order chi connectivity index (χ0) is 13.8. The Morgan fingerprint density at radius 3 is 3.05 bits per heavy atom. The Morgan fingerprint density at radius 2 is 2.37 bits per heavy atom. The largest absolute Gasteiger partial charge is 0.481 e. The number of ether oxygens (including phenoxy) is 1. The van der Waals surface area contributed by atoms with Gasteiger partial charge in [-0.05, 0) is 12.1 Å². The van der Waals surface area contributed by atoms with Crippen LogP contribution in [-0.4, -0.2) is 43.8 Å². The summed E-state index contributed by atoms with van der Waals surface area (Å²) in [6.07, 6.45) is 1.58. The molecule has 100 valence electrons. The highest BCUT2D eigenvalue weighted by Gasteiger charge is 2.17. The molecule has 0 amide bonds. The first-order chi connectivity index (χ1) is 9.13. The molecule has 0 unspecified atom stereocenters. The van der Waals surface area contributed by atoms with Gasteiger partial charge in [-0.15, -0.1) is 10.2 Å². The maximum absolute atomic E-state index is 10.5. The summed E-state index contributed by atoms with van der Waals surface area (Å²) in [5.41, 5.74) is 0.585. The number of rotatable bonds is 5. The Morgan fingerprint density at radius 1 is 1.58 bits per heavy atom. The number of aromatic nitrogens is 4. The minimum Gasteiger partial charge on any atom is -0.481 e. The molecule has 0 spiro atoms. The molecule has 0 radical (unpaired) electrons. The number of nitrogens with two attached hydrogens (primary N) is 1. The molecule has 0 aliphatic carbocycles. The zero-order valence-corrected chi connectivity index (χ0v) is 10.8. The Bertz CT molecular complexity index is 601. The number of carbonyl (C=O) groups is 1. The molecule has 8 nitrogen and oxygen atoms in total. The van der Waals surface area contributed by atoms with Gasteiger partial charge in [-0.3, -0.25) is 4.79 Å². The second kappa shape index (κ2) is 5.57. The van der Waals surface area contributed by atoms with Crippen LogP contribution in [0.5, 0.6) is 5.88 Å². The minimum absolute atomic E-state index is 0.139. The van der Waals surface area contributed by atoms with Crippen LogP contribution in [0.15, 0.2) is 23.5 Å². The lowest BCUT2D eigenvalue weighted by atomic mass is 10.2. The molecule has 0 aliphatic heterocycles. The monoisotopic (exact) mass is 281 g/mol. The highest BCUT2D eigenvalue weighted by molar-refractivity contribution is 7.99. The molecule has 0 aliphatic rings. The summed E-state index contributed by atoms with van der Waals surface area (Å²) < 4.78 is 6.33. The number of thioether (sulfide) groups is 1. The molecule has 0 saturated carbocycles. The Hall–Kier alpha value is -2.29. The van der Waals surface area contributed by atoms with Crippen LogP contribution in [0.1, 0.15) is 0 Å². The fourth-order valence-electron chi connectivity index (χ4n) is 1.41. The van der Waals surface area contributed by atoms with Crippen molar-refractivity contribution in [1.29, 1.82) is 0 Å². The minimum atomic E-state index is -0.950. The van der Waals surface area contributed by atoms with Crippen molar-refractivity contribution < 1.29 is 14.6 Å². The first kappa shape index (κ1) is 13.1. The maximum Gasteiger partial charge on any atom is 0.313 e. The van der Waals surface area contributed by atoms with E-state index < -0.39 is 5.97 Å². The topological polar surface area (TPSA) is 116 Å². The number of carboxylic acid groups (broad SMARTS) is 1. The number of carboxylic acids is 1. The van der Waals surface area contributed by atoms with Crippen molar-refractivity contribution in [3.8, 4) is 17.3 Å². The predicted molar refractivity (Wildman–Crippen MR) is 68.3 cm³/mol. The van der Waals surface area contributed by atoms with E-state index in [-0.39, 0.29) is 5.75 Å². The lowest BCUT2D eigenvalue weighted by Gasteiger charge is -2.06. The fourth-order valence-corrected chi connectivity index (χ4v) is 1.99. The second-order valence-electron chi connectivity index (χ2n) is 3.42. The number of nitrogens with zero attached hydrogens (tertiary/aromatic N) is 4. The van der Waals surface area contributed by atoms with Crippen molar-refractivity contribution in [3.63, 3.8) is 0 Å². The molecule has 0 atom stereocenters. The van der Waals surface area contributed by atoms with Crippen molar-refractivity contribution in [2.75, 3.05) is 18.7 Å². The lowest BCUT2D eigenvalue weighted by Crippen LogP contribution is -2.13. The van der Waals surface area contributed by atoms with Gasteiger partial charge in [0.05, 0.1) is 18.4 Å². The van der Waals surface area contributed by atoms with Gasteiger partial charge < -0.3 is 15.7 Å². The van der Waals surface area contributed by atoms with E-state index in [2.05, 4.69) is 15.2 Å². The number of hydrogen-bond donors (Lipinski definition) is 2. The molecule has 0 fully saturated rings. The number of methoxy groups -OCH3 is 1. The van der Waals surface area contributed by atoms with Gasteiger partial charge in [0.15, 0.2) is 5.82 Å². The van der Waals surface area contributed by atoms with Gasteiger partial charge in [-0.2, -0.15) is 0 Å². The van der Waals surface area contributed by atoms with Crippen molar-refractivity contribution in [1.82, 2.24) is 19.9 Å². The van der Waals surface area contributed by atoms with Gasteiger partial charge in [-0.25, -0.2) is 9.66 Å². The van der Waals surface area contributed by atoms with E-state index in [4.69, 9.17) is 15.7 Å². The van der Waals surface area contributed by atoms with Crippen molar-refractivity contribution in [3.05, 3.63) is 18.3 Å². The summed E-state index contributed by atoms with van der Waals surface area (Å²) in [4.78, 5) is 14.6. The van der Waals surface area contributed by atoms with E-state index in [1.807, 2.05) is 0 Å². The van der Waals surface area contributed by atoms with Crippen molar-refractivity contribution in [2.45, 2.75) is 5.16 Å². The second-order valence-corrected chi connectivity index (χ2v) is 4.36. The first-order valence-corrected chi connectivity index (χ1v) is 6.16. The predicted octanol–water partition coefficient (Wildman–Crippen LogP) is 0.239. The van der Waals surface area contributed by atoms with E-state index in [9.17, 15) is 4.79 Å². The Balaban J connectivity index is 2.33. The molecule has 19 heavy (non-hydrogen) atoms. The normalized spacial score (nSPS) is 10.4. The summed E-state index contributed by atoms with van der Waals surface area (Å²) in [7, 11) is 1.49. The van der Waals surface area contributed by atoms with Crippen molar-refractivity contribution in [2.24, 2.45) is 0 Å². The molecule has 2 aromatic heterocycles. The maximum atomic E-state index is 10.5. The number of aliphatic carboxylic acids is 1. The van der Waals surface area contributed by atoms with E-state index in [1.54, 1.807) is 18.3 Å². The molecule has 0 saturated heterocycles. The van der Waals surface area contributed by atoms with E-state index >= 15 is 0 Å². The van der Waals surface area contributed by atoms with E-state index in [1.165, 1.54) is 11.8 Å². The van der Waals surface area contributed by atoms with Gasteiger partial charge in [0.2, 0.25) is 11.0 Å². The highest BCUT2D eigenvalue weighted by Crippen LogP contribution is 2.27. The lowest BCUT2D eigenvalue weighted by molar-refractivity contribution is -0.133. The van der Waals surface area contributed by atoms with Crippen LogP contribution in [0.4, 0.5) is 0 Å². The Kier molecular flexibility index (Phi) is 3.85. The van der Waals surface area contributed by atoms with Gasteiger partial charge in [0.25, 0.3) is 0 Å². The third kappa shape index (κ3) is 2.76. The average Bonchev–Trinajstić information content (AvgIpc) is 2.77. The van der Waals surface area contributed by atoms with Gasteiger partial charge in [0, 0.05) is 6.20 Å². The SMILES string of the molecule is COc1ncccc1-c1nnc(SCC(=O)O)n1N. The molecular weight excluding hydrogens is 270 g/mol. The first-order valence-electron chi connectivity index (χ1n) is 5.18. The molecule has 3 N–H and O–H groups in total. The van der Waals surface area contributed by atoms with Gasteiger partial charge in [-0.1, -0.05) is 11.8 Å². The average molecular weight is 281 g/mol. The van der Waals surface area contributed by atoms with Crippen LogP contribution in [0.2, 0.25) is 0 Å². The summed E-state index contributed by atoms with van der Waals surface area (Å²) in [6, 6.07) is 3.46. The van der Waals surface area contributed by atoms with Crippen LogP contribution in [-0.2, 0) is 4.79 Å². The summed E-state index contributed by atoms with van der Waals surface area (Å²) in [5, 5.41) is 16.7. The molecule has 9 heteroatoms. The van der Waals surface area contributed by atoms with Crippen molar-refractivity contribution >= 4 is 17.7 Å². The van der Waals surface area contributed by atoms with Crippen LogP contribution in [0.3, 0.4) is 0 Å². The highest BCUT2D eigenvalue weighted by atomic mass is 32.2. The fraction of sp³-hybridized carbons (Fsp3) is 0.200. The van der Waals surface area contributed by atoms with Crippen LogP contribution < -0.4 is 10.6 Å². The van der Waals surface area contributed by atoms with Crippen LogP contribution in [0.25, 0.3) is 11.4 Å². The van der Waals surface area contributed by atoms with Gasteiger partial charge >= 0.3 is 5.97 Å². The molecule has 2 rings (SSSR count). The van der Waals surface area contributed by atoms with Crippen LogP contribution in [0, 0.1) is 0 Å². The zero-order valence-electron chi connectivity index (χ0n) is 9.98. The molecular formula is C10H11N5O3S. The molecule has 0 aromatic carbocycles. The number of hydrogen-bond acceptors (Lipinski definition) is 7. The summed E-state index contributed by atoms with van der Waals surface area (Å²) in [6.45, 7) is 0. The molecule has 0 bridgehead atoms. The standard InChI is InChI=1S/C10H11N5O3S/c1-18-9-6(3-2-4-12-9)8-13-14-10(15(8)11)19-5-7(16)17/h2-4H,5,11H2,1H3,(H,16,17). The number of nitrogen functional groups attached to an aromatic ring is 1.